The van der Waals surface area contributed by atoms with E-state index in [0.29, 0.717) is 37.8 Å². The standard InChI is InChI=1S/C21H26BNO5/c1-5-7-11-20(24)23-19-12-16-9-8-10-17(18(16)13-22-19)21(25)28-15(4)27-14(3)26-6-2/h1,8-10,15,19,22H,3,6-7,11-13H2,2,4H3,(H,23,24). The van der Waals surface area contributed by atoms with E-state index in [4.69, 9.17) is 20.6 Å². The molecule has 0 aromatic heterocycles. The van der Waals surface area contributed by atoms with Crippen LogP contribution in [0.3, 0.4) is 0 Å². The number of esters is 1. The molecule has 0 fully saturated rings. The van der Waals surface area contributed by atoms with E-state index in [1.165, 1.54) is 0 Å². The van der Waals surface area contributed by atoms with Gasteiger partial charge in [-0.3, -0.25) is 4.79 Å². The Morgan fingerprint density at radius 2 is 2.21 bits per heavy atom. The number of rotatable bonds is 9. The van der Waals surface area contributed by atoms with Crippen molar-refractivity contribution in [1.82, 2.24) is 5.32 Å². The van der Waals surface area contributed by atoms with Gasteiger partial charge in [-0.2, -0.15) is 0 Å². The lowest BCUT2D eigenvalue weighted by Crippen LogP contribution is -2.44. The topological polar surface area (TPSA) is 73.9 Å². The largest absolute Gasteiger partial charge is 0.466 e. The fraction of sp³-hybridized carbons (Fsp3) is 0.429. The lowest BCUT2D eigenvalue weighted by Gasteiger charge is -2.26. The maximum absolute atomic E-state index is 12.6. The van der Waals surface area contributed by atoms with Gasteiger partial charge in [0.05, 0.1) is 12.2 Å². The van der Waals surface area contributed by atoms with Crippen LogP contribution in [0.4, 0.5) is 0 Å². The van der Waals surface area contributed by atoms with E-state index < -0.39 is 12.3 Å². The number of carbonyl (C=O) groups excluding carboxylic acids is 2. The first kappa shape index (κ1) is 21.4. The summed E-state index contributed by atoms with van der Waals surface area (Å²) >= 11 is 0. The Balaban J connectivity index is 1.99. The lowest BCUT2D eigenvalue weighted by molar-refractivity contribution is -0.121. The normalized spacial score (nSPS) is 15.8. The summed E-state index contributed by atoms with van der Waals surface area (Å²) in [5.41, 5.74) is 2.51. The molecule has 1 heterocycles. The average molecular weight is 383 g/mol. The third kappa shape index (κ3) is 6.09. The third-order valence-corrected chi connectivity index (χ3v) is 4.44. The Hall–Kier alpha value is -2.88. The Labute approximate surface area is 166 Å². The van der Waals surface area contributed by atoms with Gasteiger partial charge in [-0.1, -0.05) is 12.1 Å². The van der Waals surface area contributed by atoms with Gasteiger partial charge in [0.25, 0.3) is 5.95 Å². The van der Waals surface area contributed by atoms with Crippen molar-refractivity contribution in [2.45, 2.75) is 51.7 Å². The van der Waals surface area contributed by atoms with Gasteiger partial charge in [0.15, 0.2) is 7.28 Å². The predicted molar refractivity (Wildman–Crippen MR) is 108 cm³/mol. The molecule has 1 N–H and O–H groups in total. The van der Waals surface area contributed by atoms with Crippen molar-refractivity contribution >= 4 is 19.2 Å². The summed E-state index contributed by atoms with van der Waals surface area (Å²) < 4.78 is 15.8. The highest BCUT2D eigenvalue weighted by molar-refractivity contribution is 6.38. The number of ether oxygens (including phenoxy) is 3. The number of fused-ring (bicyclic) bond motifs is 1. The summed E-state index contributed by atoms with van der Waals surface area (Å²) in [6.07, 6.45) is 6.51. The van der Waals surface area contributed by atoms with Crippen molar-refractivity contribution in [3.63, 3.8) is 0 Å². The minimum absolute atomic E-state index is 0.0394. The van der Waals surface area contributed by atoms with Crippen LogP contribution in [0.15, 0.2) is 30.7 Å². The molecule has 0 bridgehead atoms. The first-order chi connectivity index (χ1) is 13.4. The average Bonchev–Trinajstić information content (AvgIpc) is 2.65. The van der Waals surface area contributed by atoms with Crippen LogP contribution < -0.4 is 5.32 Å². The van der Waals surface area contributed by atoms with Crippen molar-refractivity contribution in [1.29, 1.82) is 0 Å². The van der Waals surface area contributed by atoms with Crippen LogP contribution in [0.1, 0.15) is 48.2 Å². The van der Waals surface area contributed by atoms with Crippen LogP contribution >= 0.6 is 0 Å². The van der Waals surface area contributed by atoms with E-state index >= 15 is 0 Å². The molecule has 2 rings (SSSR count). The van der Waals surface area contributed by atoms with Crippen molar-refractivity contribution < 1.29 is 23.8 Å². The van der Waals surface area contributed by atoms with Crippen LogP contribution in [0, 0.1) is 12.3 Å². The summed E-state index contributed by atoms with van der Waals surface area (Å²) in [4.78, 5) is 24.5. The molecular formula is C21H26BNO5. The van der Waals surface area contributed by atoms with Crippen molar-refractivity contribution in [3.05, 3.63) is 47.4 Å². The molecule has 6 nitrogen and oxygen atoms in total. The third-order valence-electron chi connectivity index (χ3n) is 4.44. The van der Waals surface area contributed by atoms with Crippen LogP contribution in [0.2, 0.25) is 0 Å². The number of carbonyl (C=O) groups is 2. The predicted octanol–water partition coefficient (Wildman–Crippen LogP) is 2.06. The van der Waals surface area contributed by atoms with Crippen molar-refractivity contribution in [3.8, 4) is 12.3 Å². The maximum atomic E-state index is 12.6. The molecule has 1 aromatic rings. The van der Waals surface area contributed by atoms with Gasteiger partial charge >= 0.3 is 5.97 Å². The first-order valence-corrected chi connectivity index (χ1v) is 9.47. The molecule has 1 amide bonds. The zero-order valence-corrected chi connectivity index (χ0v) is 16.5. The van der Waals surface area contributed by atoms with Crippen LogP contribution in [-0.2, 0) is 31.7 Å². The van der Waals surface area contributed by atoms with Crippen LogP contribution in [-0.4, -0.2) is 38.0 Å². The number of amides is 1. The zero-order valence-electron chi connectivity index (χ0n) is 16.5. The molecule has 148 valence electrons. The SMILES string of the molecule is C#CCCC(=O)NC1BCc2c(cccc2C(=O)OC(C)OC(=C)OCC)C1. The smallest absolute Gasteiger partial charge is 0.341 e. The summed E-state index contributed by atoms with van der Waals surface area (Å²) in [7, 11) is 0.756. The minimum atomic E-state index is -0.811. The fourth-order valence-corrected chi connectivity index (χ4v) is 3.23. The van der Waals surface area contributed by atoms with Gasteiger partial charge in [0.1, 0.15) is 0 Å². The van der Waals surface area contributed by atoms with E-state index in [-0.39, 0.29) is 17.8 Å². The van der Waals surface area contributed by atoms with Gasteiger partial charge in [0, 0.05) is 25.7 Å². The number of hydrogen-bond donors (Lipinski definition) is 1. The highest BCUT2D eigenvalue weighted by Crippen LogP contribution is 2.23. The lowest BCUT2D eigenvalue weighted by atomic mass is 9.57. The van der Waals surface area contributed by atoms with E-state index in [1.807, 2.05) is 19.1 Å². The van der Waals surface area contributed by atoms with E-state index in [2.05, 4.69) is 17.8 Å². The highest BCUT2D eigenvalue weighted by Gasteiger charge is 2.26. The molecule has 28 heavy (non-hydrogen) atoms. The monoisotopic (exact) mass is 383 g/mol. The number of nitrogens with one attached hydrogen (secondary N) is 1. The minimum Gasteiger partial charge on any atom is -0.466 e. The molecule has 7 heteroatoms. The Bertz CT molecular complexity index is 771. The summed E-state index contributed by atoms with van der Waals surface area (Å²) in [5.74, 6) is 2.13. The molecule has 0 radical (unpaired) electrons. The highest BCUT2D eigenvalue weighted by atomic mass is 16.8. The van der Waals surface area contributed by atoms with Crippen molar-refractivity contribution in [2.75, 3.05) is 6.61 Å². The second kappa shape index (κ2) is 10.5. The Morgan fingerprint density at radius 3 is 2.93 bits per heavy atom. The van der Waals surface area contributed by atoms with Gasteiger partial charge in [-0.05, 0) is 43.4 Å². The quantitative estimate of drug-likeness (QED) is 0.232. The van der Waals surface area contributed by atoms with Crippen LogP contribution in [0.25, 0.3) is 0 Å². The van der Waals surface area contributed by atoms with Gasteiger partial charge in [0.2, 0.25) is 12.2 Å². The number of hydrogen-bond acceptors (Lipinski definition) is 5. The molecule has 1 aliphatic heterocycles. The molecular weight excluding hydrogens is 357 g/mol. The molecule has 1 aromatic carbocycles. The molecule has 2 unspecified atom stereocenters. The maximum Gasteiger partial charge on any atom is 0.341 e. The van der Waals surface area contributed by atoms with Gasteiger partial charge in [-0.15, -0.1) is 12.3 Å². The molecule has 0 spiro atoms. The Kier molecular flexibility index (Phi) is 8.00. The summed E-state index contributed by atoms with van der Waals surface area (Å²) in [6.45, 7) is 7.45. The van der Waals surface area contributed by atoms with Crippen molar-refractivity contribution in [2.24, 2.45) is 0 Å². The van der Waals surface area contributed by atoms with E-state index in [1.54, 1.807) is 13.0 Å². The second-order valence-corrected chi connectivity index (χ2v) is 6.55. The number of benzene rings is 1. The van der Waals surface area contributed by atoms with E-state index in [0.717, 1.165) is 18.4 Å². The molecule has 0 aliphatic carbocycles. The number of terminal acetylenes is 1. The summed E-state index contributed by atoms with van der Waals surface area (Å²) in [5, 5.41) is 3.01. The van der Waals surface area contributed by atoms with Crippen LogP contribution in [0.5, 0.6) is 0 Å². The Morgan fingerprint density at radius 1 is 1.43 bits per heavy atom. The fourth-order valence-electron chi connectivity index (χ4n) is 3.23. The molecule has 2 atom stereocenters. The van der Waals surface area contributed by atoms with Gasteiger partial charge in [-0.25, -0.2) is 4.79 Å². The molecule has 0 saturated carbocycles. The first-order valence-electron chi connectivity index (χ1n) is 9.47. The van der Waals surface area contributed by atoms with E-state index in [9.17, 15) is 9.59 Å². The van der Waals surface area contributed by atoms with Gasteiger partial charge < -0.3 is 19.5 Å². The zero-order chi connectivity index (χ0) is 20.5. The summed E-state index contributed by atoms with van der Waals surface area (Å²) in [6, 6.07) is 5.54. The second-order valence-electron chi connectivity index (χ2n) is 6.55. The molecule has 0 saturated heterocycles. The molecule has 1 aliphatic rings.